The number of anilines is 2. The average Bonchev–Trinajstić information content (AvgIpc) is 3.17. The Labute approximate surface area is 178 Å². The molecule has 1 aromatic heterocycles. The summed E-state index contributed by atoms with van der Waals surface area (Å²) in [6.07, 6.45) is 2.04. The molecule has 6 heteroatoms. The lowest BCUT2D eigenvalue weighted by molar-refractivity contribution is 0.0986. The Bertz CT molecular complexity index is 883. The van der Waals surface area contributed by atoms with Gasteiger partial charge in [0, 0.05) is 37.0 Å². The summed E-state index contributed by atoms with van der Waals surface area (Å²) in [7, 11) is 0. The van der Waals surface area contributed by atoms with Gasteiger partial charge in [-0.2, -0.15) is 4.98 Å². The van der Waals surface area contributed by atoms with Crippen LogP contribution in [0, 0.1) is 5.82 Å². The zero-order valence-corrected chi connectivity index (χ0v) is 18.4. The molecule has 162 valence electrons. The van der Waals surface area contributed by atoms with E-state index in [0.717, 1.165) is 43.0 Å². The van der Waals surface area contributed by atoms with Gasteiger partial charge < -0.3 is 19.3 Å². The third-order valence-corrected chi connectivity index (χ3v) is 5.66. The van der Waals surface area contributed by atoms with Crippen LogP contribution in [0.25, 0.3) is 0 Å². The van der Waals surface area contributed by atoms with E-state index in [1.54, 1.807) is 12.1 Å². The molecular formula is C24H32FN3O2. The fraction of sp³-hybridized carbons (Fsp3) is 0.542. The summed E-state index contributed by atoms with van der Waals surface area (Å²) < 4.78 is 25.7. The van der Waals surface area contributed by atoms with Gasteiger partial charge in [-0.3, -0.25) is 0 Å². The van der Waals surface area contributed by atoms with Crippen molar-refractivity contribution in [2.24, 2.45) is 0 Å². The van der Waals surface area contributed by atoms with Crippen molar-refractivity contribution in [2.75, 3.05) is 36.1 Å². The fourth-order valence-electron chi connectivity index (χ4n) is 4.37. The molecule has 1 aromatic carbocycles. The molecule has 5 nitrogen and oxygen atoms in total. The highest BCUT2D eigenvalue weighted by Crippen LogP contribution is 2.38. The summed E-state index contributed by atoms with van der Waals surface area (Å²) >= 11 is 0. The number of ether oxygens (including phenoxy) is 2. The van der Waals surface area contributed by atoms with Gasteiger partial charge in [-0.15, -0.1) is 0 Å². The van der Waals surface area contributed by atoms with Crippen molar-refractivity contribution in [3.05, 3.63) is 47.8 Å². The number of hydrogen-bond acceptors (Lipinski definition) is 5. The maximum absolute atomic E-state index is 13.9. The van der Waals surface area contributed by atoms with Gasteiger partial charge >= 0.3 is 0 Å². The van der Waals surface area contributed by atoms with Crippen LogP contribution in [0.2, 0.25) is 0 Å². The van der Waals surface area contributed by atoms with Crippen molar-refractivity contribution in [3.8, 4) is 5.88 Å². The van der Waals surface area contributed by atoms with Gasteiger partial charge in [-0.25, -0.2) is 4.39 Å². The second-order valence-electron chi connectivity index (χ2n) is 9.26. The summed E-state index contributed by atoms with van der Waals surface area (Å²) in [6.45, 7) is 11.4. The Hall–Kier alpha value is -2.34. The lowest BCUT2D eigenvalue weighted by Gasteiger charge is -2.36. The van der Waals surface area contributed by atoms with Crippen molar-refractivity contribution in [3.63, 3.8) is 0 Å². The van der Waals surface area contributed by atoms with Gasteiger partial charge in [0.15, 0.2) is 0 Å². The van der Waals surface area contributed by atoms with E-state index in [2.05, 4.69) is 22.8 Å². The molecule has 0 spiro atoms. The van der Waals surface area contributed by atoms with Gasteiger partial charge in [0.1, 0.15) is 17.2 Å². The van der Waals surface area contributed by atoms with E-state index in [-0.39, 0.29) is 23.5 Å². The Morgan fingerprint density at radius 3 is 2.70 bits per heavy atom. The van der Waals surface area contributed by atoms with Crippen LogP contribution >= 0.6 is 0 Å². The number of pyridine rings is 1. The number of benzene rings is 1. The van der Waals surface area contributed by atoms with Crippen molar-refractivity contribution < 1.29 is 13.9 Å². The minimum Gasteiger partial charge on any atom is -0.472 e. The first kappa shape index (κ1) is 20.9. The third-order valence-electron chi connectivity index (χ3n) is 5.66. The molecule has 2 saturated heterocycles. The van der Waals surface area contributed by atoms with Crippen LogP contribution in [0.4, 0.5) is 15.9 Å². The molecule has 30 heavy (non-hydrogen) atoms. The highest BCUT2D eigenvalue weighted by atomic mass is 19.1. The van der Waals surface area contributed by atoms with Crippen LogP contribution in [0.5, 0.6) is 5.88 Å². The number of hydrogen-bond donors (Lipinski definition) is 0. The average molecular weight is 414 g/mol. The quantitative estimate of drug-likeness (QED) is 0.708. The van der Waals surface area contributed by atoms with Gasteiger partial charge in [0.25, 0.3) is 0 Å². The number of nitrogens with zero attached hydrogens (tertiary/aromatic N) is 3. The van der Waals surface area contributed by atoms with Crippen molar-refractivity contribution in [1.29, 1.82) is 0 Å². The molecule has 2 aliphatic rings. The normalized spacial score (nSPS) is 22.4. The minimum atomic E-state index is -0.341. The molecule has 0 aliphatic carbocycles. The third kappa shape index (κ3) is 4.69. The summed E-state index contributed by atoms with van der Waals surface area (Å²) in [5.41, 5.74) is 1.75. The van der Waals surface area contributed by atoms with Crippen LogP contribution in [0.1, 0.15) is 52.1 Å². The molecule has 3 heterocycles. The highest BCUT2D eigenvalue weighted by molar-refractivity contribution is 5.60. The molecule has 0 bridgehead atoms. The lowest BCUT2D eigenvalue weighted by atomic mass is 10.0. The van der Waals surface area contributed by atoms with E-state index in [1.807, 2.05) is 32.9 Å². The fourth-order valence-corrected chi connectivity index (χ4v) is 4.37. The van der Waals surface area contributed by atoms with Gasteiger partial charge in [0.05, 0.1) is 19.3 Å². The van der Waals surface area contributed by atoms with E-state index in [4.69, 9.17) is 14.5 Å². The van der Waals surface area contributed by atoms with Crippen molar-refractivity contribution >= 4 is 11.5 Å². The Kier molecular flexibility index (Phi) is 5.87. The molecule has 2 aliphatic heterocycles. The topological polar surface area (TPSA) is 37.8 Å². The van der Waals surface area contributed by atoms with E-state index < -0.39 is 0 Å². The van der Waals surface area contributed by atoms with Gasteiger partial charge in [-0.05, 0) is 58.2 Å². The first-order chi connectivity index (χ1) is 14.3. The van der Waals surface area contributed by atoms with Crippen LogP contribution in [0.3, 0.4) is 0 Å². The Morgan fingerprint density at radius 2 is 1.97 bits per heavy atom. The molecule has 0 amide bonds. The molecular weight excluding hydrogens is 381 g/mol. The van der Waals surface area contributed by atoms with E-state index in [0.29, 0.717) is 19.1 Å². The predicted molar refractivity (Wildman–Crippen MR) is 118 cm³/mol. The van der Waals surface area contributed by atoms with Gasteiger partial charge in [-0.1, -0.05) is 12.1 Å². The lowest BCUT2D eigenvalue weighted by Crippen LogP contribution is -2.43. The first-order valence-electron chi connectivity index (χ1n) is 10.9. The Balaban J connectivity index is 1.72. The molecule has 4 rings (SSSR count). The smallest absolute Gasteiger partial charge is 0.217 e. The van der Waals surface area contributed by atoms with Crippen LogP contribution in [0.15, 0.2) is 36.4 Å². The second kappa shape index (κ2) is 8.42. The van der Waals surface area contributed by atoms with Gasteiger partial charge in [0.2, 0.25) is 5.88 Å². The molecule has 1 unspecified atom stereocenters. The number of aromatic nitrogens is 1. The number of rotatable bonds is 4. The Morgan fingerprint density at radius 1 is 1.13 bits per heavy atom. The summed E-state index contributed by atoms with van der Waals surface area (Å²) in [5.74, 6) is 1.32. The maximum atomic E-state index is 13.9. The molecule has 2 fully saturated rings. The zero-order valence-electron chi connectivity index (χ0n) is 18.4. The van der Waals surface area contributed by atoms with E-state index in [9.17, 15) is 4.39 Å². The molecule has 2 aromatic rings. The maximum Gasteiger partial charge on any atom is 0.217 e. The van der Waals surface area contributed by atoms with Crippen LogP contribution in [-0.4, -0.2) is 42.9 Å². The molecule has 0 radical (unpaired) electrons. The first-order valence-corrected chi connectivity index (χ1v) is 10.9. The zero-order chi connectivity index (χ0) is 21.3. The van der Waals surface area contributed by atoms with E-state index >= 15 is 0 Å². The minimum absolute atomic E-state index is 0.119. The summed E-state index contributed by atoms with van der Waals surface area (Å²) in [4.78, 5) is 9.52. The largest absolute Gasteiger partial charge is 0.472 e. The number of halogens is 1. The summed E-state index contributed by atoms with van der Waals surface area (Å²) in [5, 5.41) is 0. The van der Waals surface area contributed by atoms with Crippen LogP contribution < -0.4 is 14.5 Å². The monoisotopic (exact) mass is 413 g/mol. The number of morpholine rings is 1. The molecule has 0 saturated carbocycles. The summed E-state index contributed by atoms with van der Waals surface area (Å²) in [6, 6.07) is 11.5. The van der Waals surface area contributed by atoms with Crippen molar-refractivity contribution in [2.45, 2.75) is 58.2 Å². The highest BCUT2D eigenvalue weighted by Gasteiger charge is 2.30. The molecule has 2 atom stereocenters. The molecule has 0 N–H and O–H groups in total. The van der Waals surface area contributed by atoms with E-state index in [1.165, 1.54) is 6.07 Å². The SMILES string of the molecule is C[C@@H]1COCCN1c1cc(OC(C)(C)C)nc(N2CCCC2c2cccc(F)c2)c1. The van der Waals surface area contributed by atoms with Crippen molar-refractivity contribution in [1.82, 2.24) is 4.98 Å². The van der Waals surface area contributed by atoms with Crippen LogP contribution in [-0.2, 0) is 4.74 Å². The predicted octanol–water partition coefficient (Wildman–Crippen LogP) is 4.96. The standard InChI is InChI=1S/C24H32FN3O2/c1-17-16-29-12-11-27(17)20-14-22(26-23(15-20)30-24(2,3)4)28-10-6-9-21(28)18-7-5-8-19(25)13-18/h5,7-8,13-15,17,21H,6,9-12,16H2,1-4H3/t17-,21?/m1/s1. The second-order valence-corrected chi connectivity index (χ2v) is 9.26.